The highest BCUT2D eigenvalue weighted by molar-refractivity contribution is 5.57. The second-order valence-corrected chi connectivity index (χ2v) is 5.43. The van der Waals surface area contributed by atoms with Gasteiger partial charge in [-0.3, -0.25) is 0 Å². The Hall–Kier alpha value is -1.53. The van der Waals surface area contributed by atoms with Crippen LogP contribution in [0.15, 0.2) is 24.3 Å². The molecule has 2 aliphatic rings. The highest BCUT2D eigenvalue weighted by Crippen LogP contribution is 2.49. The molecule has 0 aromatic heterocycles. The monoisotopic (exact) mass is 241 g/mol. The van der Waals surface area contributed by atoms with E-state index in [1.165, 1.54) is 11.3 Å². The normalized spacial score (nSPS) is 27.9. The largest absolute Gasteiger partial charge is 0.369 e. The third-order valence-corrected chi connectivity index (χ3v) is 4.14. The standard InChI is InChI=1S/C15H19N3/c1-17-6-8-18(9-7-17)15-5-3-2-4-13(15)14-10-12(14)11-16/h2-5,12,14H,6-10H2,1H3. The van der Waals surface area contributed by atoms with Crippen molar-refractivity contribution in [1.29, 1.82) is 5.26 Å². The summed E-state index contributed by atoms with van der Waals surface area (Å²) in [4.78, 5) is 4.84. The molecule has 0 bridgehead atoms. The van der Waals surface area contributed by atoms with Gasteiger partial charge in [0.15, 0.2) is 0 Å². The van der Waals surface area contributed by atoms with Gasteiger partial charge in [0.2, 0.25) is 0 Å². The van der Waals surface area contributed by atoms with E-state index in [2.05, 4.69) is 47.2 Å². The molecular weight excluding hydrogens is 222 g/mol. The Bertz CT molecular complexity index is 469. The molecule has 3 heteroatoms. The van der Waals surface area contributed by atoms with E-state index in [-0.39, 0.29) is 5.92 Å². The number of likely N-dealkylation sites (N-methyl/N-ethyl adjacent to an activating group) is 1. The van der Waals surface area contributed by atoms with Gasteiger partial charge in [-0.25, -0.2) is 0 Å². The zero-order chi connectivity index (χ0) is 12.5. The lowest BCUT2D eigenvalue weighted by molar-refractivity contribution is 0.312. The molecule has 1 aromatic carbocycles. The molecule has 2 unspecified atom stereocenters. The van der Waals surface area contributed by atoms with E-state index >= 15 is 0 Å². The van der Waals surface area contributed by atoms with Crippen LogP contribution in [0.5, 0.6) is 0 Å². The number of anilines is 1. The number of nitriles is 1. The van der Waals surface area contributed by atoms with Crippen LogP contribution < -0.4 is 4.90 Å². The molecule has 94 valence electrons. The van der Waals surface area contributed by atoms with Gasteiger partial charge in [-0.1, -0.05) is 18.2 Å². The molecule has 3 nitrogen and oxygen atoms in total. The van der Waals surface area contributed by atoms with Gasteiger partial charge in [0.05, 0.1) is 12.0 Å². The van der Waals surface area contributed by atoms with Crippen LogP contribution in [0.25, 0.3) is 0 Å². The molecule has 0 spiro atoms. The lowest BCUT2D eigenvalue weighted by Crippen LogP contribution is -2.44. The minimum Gasteiger partial charge on any atom is -0.369 e. The molecule has 0 amide bonds. The summed E-state index contributed by atoms with van der Waals surface area (Å²) in [5.41, 5.74) is 2.74. The average molecular weight is 241 g/mol. The first-order valence-corrected chi connectivity index (χ1v) is 6.71. The minimum atomic E-state index is 0.249. The van der Waals surface area contributed by atoms with E-state index in [1.54, 1.807) is 0 Å². The molecule has 1 saturated carbocycles. The maximum Gasteiger partial charge on any atom is 0.0662 e. The summed E-state index contributed by atoms with van der Waals surface area (Å²) in [5.74, 6) is 0.726. The van der Waals surface area contributed by atoms with Crippen molar-refractivity contribution < 1.29 is 0 Å². The lowest BCUT2D eigenvalue weighted by Gasteiger charge is -2.35. The summed E-state index contributed by atoms with van der Waals surface area (Å²) >= 11 is 0. The van der Waals surface area contributed by atoms with E-state index < -0.39 is 0 Å². The first-order valence-electron chi connectivity index (χ1n) is 6.71. The topological polar surface area (TPSA) is 30.3 Å². The van der Waals surface area contributed by atoms with Crippen LogP contribution in [-0.2, 0) is 0 Å². The molecule has 1 aliphatic heterocycles. The van der Waals surface area contributed by atoms with Crippen molar-refractivity contribution in [2.45, 2.75) is 12.3 Å². The number of rotatable bonds is 2. The van der Waals surface area contributed by atoms with Crippen LogP contribution in [0.3, 0.4) is 0 Å². The maximum absolute atomic E-state index is 9.00. The Kier molecular flexibility index (Phi) is 2.97. The van der Waals surface area contributed by atoms with Gasteiger partial charge in [0, 0.05) is 37.8 Å². The van der Waals surface area contributed by atoms with Crippen molar-refractivity contribution in [3.8, 4) is 6.07 Å². The quantitative estimate of drug-likeness (QED) is 0.794. The number of hydrogen-bond acceptors (Lipinski definition) is 3. The zero-order valence-electron chi connectivity index (χ0n) is 10.8. The van der Waals surface area contributed by atoms with Crippen molar-refractivity contribution in [2.24, 2.45) is 5.92 Å². The molecule has 0 radical (unpaired) electrons. The molecule has 3 rings (SSSR count). The second kappa shape index (κ2) is 4.62. The maximum atomic E-state index is 9.00. The van der Waals surface area contributed by atoms with Crippen LogP contribution >= 0.6 is 0 Å². The summed E-state index contributed by atoms with van der Waals surface area (Å²) in [6.45, 7) is 4.44. The molecule has 1 aliphatic carbocycles. The SMILES string of the molecule is CN1CCN(c2ccccc2C2CC2C#N)CC1. The lowest BCUT2D eigenvalue weighted by atomic mass is 10.1. The van der Waals surface area contributed by atoms with E-state index in [0.29, 0.717) is 5.92 Å². The second-order valence-electron chi connectivity index (χ2n) is 5.43. The summed E-state index contributed by atoms with van der Waals surface area (Å²) in [7, 11) is 2.18. The number of nitrogens with zero attached hydrogens (tertiary/aromatic N) is 3. The van der Waals surface area contributed by atoms with Gasteiger partial charge in [0.25, 0.3) is 0 Å². The van der Waals surface area contributed by atoms with Crippen LogP contribution in [0.4, 0.5) is 5.69 Å². The summed E-state index contributed by atoms with van der Waals surface area (Å²) in [5, 5.41) is 9.00. The van der Waals surface area contributed by atoms with Gasteiger partial charge < -0.3 is 9.80 Å². The molecular formula is C15H19N3. The van der Waals surface area contributed by atoms with E-state index in [0.717, 1.165) is 32.6 Å². The third kappa shape index (κ3) is 2.09. The van der Waals surface area contributed by atoms with E-state index in [9.17, 15) is 0 Å². The van der Waals surface area contributed by atoms with Crippen molar-refractivity contribution in [2.75, 3.05) is 38.1 Å². The van der Waals surface area contributed by atoms with Gasteiger partial charge in [-0.15, -0.1) is 0 Å². The summed E-state index contributed by atoms with van der Waals surface area (Å²) in [6.07, 6.45) is 1.04. The third-order valence-electron chi connectivity index (χ3n) is 4.14. The Morgan fingerprint density at radius 1 is 1.17 bits per heavy atom. The Labute approximate surface area is 109 Å². The highest BCUT2D eigenvalue weighted by atomic mass is 15.2. The van der Waals surface area contributed by atoms with Crippen LogP contribution in [0.1, 0.15) is 17.9 Å². The smallest absolute Gasteiger partial charge is 0.0662 e. The van der Waals surface area contributed by atoms with Crippen molar-refractivity contribution in [1.82, 2.24) is 4.90 Å². The summed E-state index contributed by atoms with van der Waals surface area (Å²) < 4.78 is 0. The fourth-order valence-electron chi connectivity index (χ4n) is 2.82. The number of para-hydroxylation sites is 1. The first kappa shape index (κ1) is 11.6. The number of benzene rings is 1. The Morgan fingerprint density at radius 2 is 1.89 bits per heavy atom. The Balaban J connectivity index is 1.82. The first-order chi connectivity index (χ1) is 8.79. The predicted molar refractivity (Wildman–Crippen MR) is 72.6 cm³/mol. The molecule has 18 heavy (non-hydrogen) atoms. The predicted octanol–water partition coefficient (Wildman–Crippen LogP) is 2.07. The van der Waals surface area contributed by atoms with Crippen molar-refractivity contribution >= 4 is 5.69 Å². The van der Waals surface area contributed by atoms with Gasteiger partial charge in [0.1, 0.15) is 0 Å². The van der Waals surface area contributed by atoms with Crippen LogP contribution in [0, 0.1) is 17.2 Å². The molecule has 2 atom stereocenters. The fourth-order valence-corrected chi connectivity index (χ4v) is 2.82. The minimum absolute atomic E-state index is 0.249. The van der Waals surface area contributed by atoms with Crippen LogP contribution in [0.2, 0.25) is 0 Å². The average Bonchev–Trinajstić information content (AvgIpc) is 3.19. The van der Waals surface area contributed by atoms with E-state index in [1.807, 2.05) is 0 Å². The fraction of sp³-hybridized carbons (Fsp3) is 0.533. The molecule has 2 fully saturated rings. The van der Waals surface area contributed by atoms with Crippen molar-refractivity contribution in [3.05, 3.63) is 29.8 Å². The Morgan fingerprint density at radius 3 is 2.56 bits per heavy atom. The van der Waals surface area contributed by atoms with Gasteiger partial charge >= 0.3 is 0 Å². The molecule has 1 saturated heterocycles. The van der Waals surface area contributed by atoms with Gasteiger partial charge in [-0.2, -0.15) is 5.26 Å². The molecule has 1 aromatic rings. The molecule has 0 N–H and O–H groups in total. The van der Waals surface area contributed by atoms with Gasteiger partial charge in [-0.05, 0) is 25.1 Å². The molecule has 1 heterocycles. The van der Waals surface area contributed by atoms with E-state index in [4.69, 9.17) is 5.26 Å². The number of piperazine rings is 1. The van der Waals surface area contributed by atoms with Crippen LogP contribution in [-0.4, -0.2) is 38.1 Å². The zero-order valence-corrected chi connectivity index (χ0v) is 10.8. The highest BCUT2D eigenvalue weighted by Gasteiger charge is 2.40. The summed E-state index contributed by atoms with van der Waals surface area (Å²) in [6, 6.07) is 11.0. The number of hydrogen-bond donors (Lipinski definition) is 0. The van der Waals surface area contributed by atoms with Crippen molar-refractivity contribution in [3.63, 3.8) is 0 Å².